The lowest BCUT2D eigenvalue weighted by molar-refractivity contribution is 0.400. The Morgan fingerprint density at radius 3 is 2.67 bits per heavy atom. The number of nitrogens with one attached hydrogen (secondary N) is 1. The van der Waals surface area contributed by atoms with E-state index in [0.717, 1.165) is 22.3 Å². The minimum Gasteiger partial charge on any atom is -0.495 e. The highest BCUT2D eigenvalue weighted by Crippen LogP contribution is 2.31. The van der Waals surface area contributed by atoms with Crippen molar-refractivity contribution in [2.24, 2.45) is 0 Å². The van der Waals surface area contributed by atoms with Crippen molar-refractivity contribution in [1.29, 1.82) is 0 Å². The summed E-state index contributed by atoms with van der Waals surface area (Å²) in [5, 5.41) is 5.59. The normalized spacial score (nSPS) is 12.5. The zero-order valence-corrected chi connectivity index (χ0v) is 14.4. The van der Waals surface area contributed by atoms with Crippen LogP contribution in [0.4, 0.5) is 5.69 Å². The van der Waals surface area contributed by atoms with Gasteiger partial charge >= 0.3 is 0 Å². The van der Waals surface area contributed by atoms with Crippen LogP contribution in [-0.2, 0) is 6.54 Å². The summed E-state index contributed by atoms with van der Waals surface area (Å²) in [6.45, 7) is 3.02. The zero-order valence-electron chi connectivity index (χ0n) is 12.8. The number of hydrogen-bond acceptors (Lipinski definition) is 4. The zero-order chi connectivity index (χ0) is 15.4. The summed E-state index contributed by atoms with van der Waals surface area (Å²) in [5.74, 6) is 0.852. The Bertz CT molecular complexity index is 598. The highest BCUT2D eigenvalue weighted by Gasteiger charge is 2.11. The van der Waals surface area contributed by atoms with E-state index in [2.05, 4.69) is 48.7 Å². The van der Waals surface area contributed by atoms with Crippen molar-refractivity contribution >= 4 is 28.6 Å². The molecule has 0 fully saturated rings. The van der Waals surface area contributed by atoms with Gasteiger partial charge in [0.05, 0.1) is 17.1 Å². The summed E-state index contributed by atoms with van der Waals surface area (Å²) in [5.41, 5.74) is 3.44. The van der Waals surface area contributed by atoms with E-state index in [9.17, 15) is 0 Å². The van der Waals surface area contributed by atoms with Crippen LogP contribution in [0.25, 0.3) is 0 Å². The van der Waals surface area contributed by atoms with Crippen LogP contribution in [0, 0.1) is 0 Å². The van der Waals surface area contributed by atoms with Gasteiger partial charge in [0.25, 0.3) is 0 Å². The Hall–Kier alpha value is -1.23. The average molecular weight is 325 g/mol. The SMILES string of the molecule is COc1ccc(CN(C)C)cc1NC(C)c1csc(Cl)c1. The van der Waals surface area contributed by atoms with Crippen LogP contribution in [0.1, 0.15) is 24.1 Å². The molecule has 1 aromatic carbocycles. The van der Waals surface area contributed by atoms with E-state index >= 15 is 0 Å². The monoisotopic (exact) mass is 324 g/mol. The predicted molar refractivity (Wildman–Crippen MR) is 91.8 cm³/mol. The number of benzene rings is 1. The molecule has 1 heterocycles. The number of halogens is 1. The van der Waals surface area contributed by atoms with Gasteiger partial charge in [0.2, 0.25) is 0 Å². The van der Waals surface area contributed by atoms with Crippen LogP contribution in [0.2, 0.25) is 4.34 Å². The van der Waals surface area contributed by atoms with Crippen molar-refractivity contribution in [2.45, 2.75) is 19.5 Å². The van der Waals surface area contributed by atoms with Gasteiger partial charge in [-0.3, -0.25) is 0 Å². The summed E-state index contributed by atoms with van der Waals surface area (Å²) in [6.07, 6.45) is 0. The first-order chi connectivity index (χ1) is 9.99. The summed E-state index contributed by atoms with van der Waals surface area (Å²) in [7, 11) is 5.82. The minimum atomic E-state index is 0.178. The van der Waals surface area contributed by atoms with Crippen molar-refractivity contribution in [2.75, 3.05) is 26.5 Å². The molecule has 0 aliphatic heterocycles. The molecule has 5 heteroatoms. The molecule has 1 aromatic heterocycles. The van der Waals surface area contributed by atoms with Crippen molar-refractivity contribution in [3.05, 3.63) is 45.1 Å². The molecule has 2 rings (SSSR count). The average Bonchev–Trinajstić information content (AvgIpc) is 2.85. The third-order valence-electron chi connectivity index (χ3n) is 3.22. The number of thiophene rings is 1. The summed E-state index contributed by atoms with van der Waals surface area (Å²) in [6, 6.07) is 8.42. The molecule has 1 N–H and O–H groups in total. The molecule has 0 spiro atoms. The molecule has 0 saturated heterocycles. The lowest BCUT2D eigenvalue weighted by Gasteiger charge is -2.19. The van der Waals surface area contributed by atoms with Gasteiger partial charge in [-0.1, -0.05) is 17.7 Å². The molecule has 0 bridgehead atoms. The largest absolute Gasteiger partial charge is 0.495 e. The van der Waals surface area contributed by atoms with E-state index in [1.54, 1.807) is 18.4 Å². The fourth-order valence-corrected chi connectivity index (χ4v) is 3.18. The number of rotatable bonds is 6. The molecule has 1 unspecified atom stereocenters. The maximum absolute atomic E-state index is 6.01. The third kappa shape index (κ3) is 4.37. The molecule has 114 valence electrons. The Balaban J connectivity index is 2.20. The summed E-state index contributed by atoms with van der Waals surface area (Å²) in [4.78, 5) is 2.15. The molecule has 2 aromatic rings. The van der Waals surface area contributed by atoms with Crippen molar-refractivity contribution in [3.8, 4) is 5.75 Å². The molecule has 0 radical (unpaired) electrons. The second-order valence-electron chi connectivity index (χ2n) is 5.32. The molecule has 0 saturated carbocycles. The van der Waals surface area contributed by atoms with E-state index < -0.39 is 0 Å². The van der Waals surface area contributed by atoms with Gasteiger partial charge in [0.1, 0.15) is 5.75 Å². The van der Waals surface area contributed by atoms with Crippen LogP contribution < -0.4 is 10.1 Å². The molecule has 1 atom stereocenters. The topological polar surface area (TPSA) is 24.5 Å². The standard InChI is InChI=1S/C16H21ClN2OS/c1-11(13-8-16(17)21-10-13)18-14-7-12(9-19(2)3)5-6-15(14)20-4/h5-8,10-11,18H,9H2,1-4H3. The Morgan fingerprint density at radius 2 is 2.10 bits per heavy atom. The minimum absolute atomic E-state index is 0.178. The third-order valence-corrected chi connectivity index (χ3v) is 4.33. The molecule has 3 nitrogen and oxygen atoms in total. The van der Waals surface area contributed by atoms with Crippen LogP contribution >= 0.6 is 22.9 Å². The summed E-state index contributed by atoms with van der Waals surface area (Å²) < 4.78 is 6.26. The fraction of sp³-hybridized carbons (Fsp3) is 0.375. The molecule has 21 heavy (non-hydrogen) atoms. The van der Waals surface area contributed by atoms with Crippen molar-refractivity contribution in [3.63, 3.8) is 0 Å². The lowest BCUT2D eigenvalue weighted by Crippen LogP contribution is -2.12. The van der Waals surface area contributed by atoms with Crippen molar-refractivity contribution in [1.82, 2.24) is 4.90 Å². The van der Waals surface area contributed by atoms with Gasteiger partial charge in [0.15, 0.2) is 0 Å². The first kappa shape index (κ1) is 16.1. The number of ether oxygens (including phenoxy) is 1. The molecule has 0 aliphatic carbocycles. The maximum atomic E-state index is 6.01. The lowest BCUT2D eigenvalue weighted by atomic mass is 10.1. The highest BCUT2D eigenvalue weighted by molar-refractivity contribution is 7.14. The molecule has 0 aliphatic rings. The number of anilines is 1. The van der Waals surface area contributed by atoms with Crippen LogP contribution in [-0.4, -0.2) is 26.1 Å². The fourth-order valence-electron chi connectivity index (χ4n) is 2.20. The van der Waals surface area contributed by atoms with E-state index in [4.69, 9.17) is 16.3 Å². The first-order valence-corrected chi connectivity index (χ1v) is 8.07. The van der Waals surface area contributed by atoms with Crippen LogP contribution in [0.15, 0.2) is 29.6 Å². The Labute approximate surface area is 135 Å². The molecular weight excluding hydrogens is 304 g/mol. The smallest absolute Gasteiger partial charge is 0.141 e. The van der Waals surface area contributed by atoms with E-state index in [1.807, 2.05) is 12.1 Å². The molecule has 0 amide bonds. The quantitative estimate of drug-likeness (QED) is 0.837. The van der Waals surface area contributed by atoms with Gasteiger partial charge < -0.3 is 15.0 Å². The van der Waals surface area contributed by atoms with Gasteiger partial charge in [-0.15, -0.1) is 11.3 Å². The number of hydrogen-bond donors (Lipinski definition) is 1. The van der Waals surface area contributed by atoms with Gasteiger partial charge in [0, 0.05) is 12.6 Å². The Kier molecular flexibility index (Phi) is 5.51. The first-order valence-electron chi connectivity index (χ1n) is 6.81. The molecular formula is C16H21ClN2OS. The van der Waals surface area contributed by atoms with E-state index in [-0.39, 0.29) is 6.04 Å². The predicted octanol–water partition coefficient (Wildman–Crippen LogP) is 4.64. The van der Waals surface area contributed by atoms with Gasteiger partial charge in [-0.2, -0.15) is 0 Å². The van der Waals surface area contributed by atoms with Gasteiger partial charge in [-0.05, 0) is 55.7 Å². The van der Waals surface area contributed by atoms with Crippen LogP contribution in [0.5, 0.6) is 5.75 Å². The van der Waals surface area contributed by atoms with E-state index in [0.29, 0.717) is 0 Å². The van der Waals surface area contributed by atoms with Crippen LogP contribution in [0.3, 0.4) is 0 Å². The van der Waals surface area contributed by atoms with Crippen molar-refractivity contribution < 1.29 is 4.74 Å². The van der Waals surface area contributed by atoms with E-state index in [1.165, 1.54) is 11.1 Å². The highest BCUT2D eigenvalue weighted by atomic mass is 35.5. The second-order valence-corrected chi connectivity index (χ2v) is 6.87. The Morgan fingerprint density at radius 1 is 1.33 bits per heavy atom. The van der Waals surface area contributed by atoms with Gasteiger partial charge in [-0.25, -0.2) is 0 Å². The number of methoxy groups -OCH3 is 1. The number of nitrogens with zero attached hydrogens (tertiary/aromatic N) is 1. The maximum Gasteiger partial charge on any atom is 0.141 e. The summed E-state index contributed by atoms with van der Waals surface area (Å²) >= 11 is 7.56. The second kappa shape index (κ2) is 7.16.